The van der Waals surface area contributed by atoms with E-state index < -0.39 is 5.82 Å². The molecule has 7 heteroatoms. The van der Waals surface area contributed by atoms with Crippen LogP contribution in [0.4, 0.5) is 10.1 Å². The van der Waals surface area contributed by atoms with Crippen molar-refractivity contribution in [3.63, 3.8) is 0 Å². The molecule has 0 bridgehead atoms. The number of benzene rings is 2. The molecule has 0 aliphatic carbocycles. The Morgan fingerprint density at radius 3 is 2.61 bits per heavy atom. The number of aromatic nitrogens is 3. The molecule has 6 nitrogen and oxygen atoms in total. The van der Waals surface area contributed by atoms with E-state index in [0.29, 0.717) is 17.0 Å². The van der Waals surface area contributed by atoms with Gasteiger partial charge in [0, 0.05) is 11.3 Å². The first kappa shape index (κ1) is 14.7. The number of nitrogens with zero attached hydrogens (tertiary/aromatic N) is 3. The number of hydrogen-bond donors (Lipinski definition) is 1. The molecule has 0 saturated carbocycles. The molecule has 0 saturated heterocycles. The monoisotopic (exact) mass is 312 g/mol. The molecule has 1 heterocycles. The summed E-state index contributed by atoms with van der Waals surface area (Å²) in [6.07, 6.45) is 2.72. The smallest absolute Gasteiger partial charge is 0.255 e. The van der Waals surface area contributed by atoms with Crippen LogP contribution in [-0.2, 0) is 0 Å². The normalized spacial score (nSPS) is 10.3. The van der Waals surface area contributed by atoms with Crippen molar-refractivity contribution < 1.29 is 13.9 Å². The van der Waals surface area contributed by atoms with E-state index in [2.05, 4.69) is 15.4 Å². The molecule has 1 aromatic heterocycles. The number of ether oxygens (including phenoxy) is 1. The van der Waals surface area contributed by atoms with Crippen molar-refractivity contribution in [3.8, 4) is 11.4 Å². The highest BCUT2D eigenvalue weighted by atomic mass is 19.1. The highest BCUT2D eigenvalue weighted by Gasteiger charge is 2.10. The van der Waals surface area contributed by atoms with Crippen molar-refractivity contribution >= 4 is 11.6 Å². The zero-order chi connectivity index (χ0) is 16.2. The van der Waals surface area contributed by atoms with Gasteiger partial charge in [0.05, 0.1) is 7.11 Å². The molecule has 0 radical (unpaired) electrons. The lowest BCUT2D eigenvalue weighted by atomic mass is 10.2. The zero-order valence-corrected chi connectivity index (χ0v) is 12.2. The molecule has 0 fully saturated rings. The second kappa shape index (κ2) is 6.27. The van der Waals surface area contributed by atoms with Crippen molar-refractivity contribution in [1.29, 1.82) is 0 Å². The molecule has 0 atom stereocenters. The van der Waals surface area contributed by atoms with E-state index in [1.54, 1.807) is 37.4 Å². The lowest BCUT2D eigenvalue weighted by Gasteiger charge is -2.08. The summed E-state index contributed by atoms with van der Waals surface area (Å²) in [5.74, 6) is -0.187. The number of rotatable bonds is 4. The second-order valence-corrected chi connectivity index (χ2v) is 4.69. The molecule has 2 aromatic carbocycles. The quantitative estimate of drug-likeness (QED) is 0.804. The molecular formula is C16H13FN4O2. The number of nitrogens with one attached hydrogen (secondary N) is 1. The summed E-state index contributed by atoms with van der Waals surface area (Å²) in [5.41, 5.74) is 1.06. The van der Waals surface area contributed by atoms with Gasteiger partial charge in [-0.15, -0.1) is 0 Å². The van der Waals surface area contributed by atoms with E-state index in [9.17, 15) is 9.18 Å². The lowest BCUT2D eigenvalue weighted by molar-refractivity contribution is 0.102. The Balaban J connectivity index is 1.77. The zero-order valence-electron chi connectivity index (χ0n) is 12.2. The SMILES string of the molecule is COc1ccc(C(=O)Nc2ccc(-n3cncn3)c(F)c2)cc1. The van der Waals surface area contributed by atoms with Crippen molar-refractivity contribution in [2.75, 3.05) is 12.4 Å². The minimum Gasteiger partial charge on any atom is -0.497 e. The van der Waals surface area contributed by atoms with Gasteiger partial charge in [-0.05, 0) is 42.5 Å². The van der Waals surface area contributed by atoms with E-state index in [0.717, 1.165) is 0 Å². The van der Waals surface area contributed by atoms with Gasteiger partial charge < -0.3 is 10.1 Å². The van der Waals surface area contributed by atoms with Crippen molar-refractivity contribution in [2.24, 2.45) is 0 Å². The Morgan fingerprint density at radius 1 is 1.22 bits per heavy atom. The van der Waals surface area contributed by atoms with Gasteiger partial charge in [-0.25, -0.2) is 14.1 Å². The Bertz CT molecular complexity index is 817. The van der Waals surface area contributed by atoms with Gasteiger partial charge in [0.1, 0.15) is 24.1 Å². The molecule has 0 aliphatic rings. The van der Waals surface area contributed by atoms with Crippen LogP contribution in [0.25, 0.3) is 5.69 Å². The minimum atomic E-state index is -0.511. The van der Waals surface area contributed by atoms with E-state index in [4.69, 9.17) is 4.74 Å². The number of methoxy groups -OCH3 is 1. The molecule has 3 rings (SSSR count). The third-order valence-corrected chi connectivity index (χ3v) is 3.22. The van der Waals surface area contributed by atoms with Crippen LogP contribution < -0.4 is 10.1 Å². The Kier molecular flexibility index (Phi) is 4.01. The molecule has 23 heavy (non-hydrogen) atoms. The average Bonchev–Trinajstić information content (AvgIpc) is 3.09. The highest BCUT2D eigenvalue weighted by Crippen LogP contribution is 2.18. The molecule has 1 amide bonds. The van der Waals surface area contributed by atoms with Gasteiger partial charge >= 0.3 is 0 Å². The summed E-state index contributed by atoms with van der Waals surface area (Å²) in [4.78, 5) is 15.9. The van der Waals surface area contributed by atoms with Crippen LogP contribution in [0.2, 0.25) is 0 Å². The first-order valence-electron chi connectivity index (χ1n) is 6.77. The Labute approximate surface area is 131 Å². The first-order chi connectivity index (χ1) is 11.2. The predicted octanol–water partition coefficient (Wildman–Crippen LogP) is 2.67. The van der Waals surface area contributed by atoms with Crippen LogP contribution in [0, 0.1) is 5.82 Å². The lowest BCUT2D eigenvalue weighted by Crippen LogP contribution is -2.12. The molecule has 116 valence electrons. The molecule has 1 N–H and O–H groups in total. The standard InChI is InChI=1S/C16H13FN4O2/c1-23-13-5-2-11(3-6-13)16(22)20-12-4-7-15(14(17)8-12)21-10-18-9-19-21/h2-10H,1H3,(H,20,22). The van der Waals surface area contributed by atoms with E-state index in [-0.39, 0.29) is 11.6 Å². The average molecular weight is 312 g/mol. The van der Waals surface area contributed by atoms with Gasteiger partial charge in [-0.2, -0.15) is 5.10 Å². The largest absolute Gasteiger partial charge is 0.497 e. The van der Waals surface area contributed by atoms with Crippen LogP contribution >= 0.6 is 0 Å². The van der Waals surface area contributed by atoms with Crippen molar-refractivity contribution in [1.82, 2.24) is 14.8 Å². The third-order valence-electron chi connectivity index (χ3n) is 3.22. The van der Waals surface area contributed by atoms with Gasteiger partial charge in [0.25, 0.3) is 5.91 Å². The Morgan fingerprint density at radius 2 is 2.00 bits per heavy atom. The summed E-state index contributed by atoms with van der Waals surface area (Å²) in [6, 6.07) is 11.0. The summed E-state index contributed by atoms with van der Waals surface area (Å²) < 4.78 is 20.5. The summed E-state index contributed by atoms with van der Waals surface area (Å²) in [7, 11) is 1.55. The maximum Gasteiger partial charge on any atom is 0.255 e. The summed E-state index contributed by atoms with van der Waals surface area (Å²) in [5, 5.41) is 6.51. The molecular weight excluding hydrogens is 299 g/mol. The number of carbonyl (C=O) groups is 1. The van der Waals surface area contributed by atoms with Crippen molar-refractivity contribution in [2.45, 2.75) is 0 Å². The van der Waals surface area contributed by atoms with Gasteiger partial charge in [0.2, 0.25) is 0 Å². The second-order valence-electron chi connectivity index (χ2n) is 4.69. The fourth-order valence-electron chi connectivity index (χ4n) is 2.05. The third kappa shape index (κ3) is 3.18. The maximum atomic E-state index is 14.1. The van der Waals surface area contributed by atoms with Gasteiger partial charge in [0.15, 0.2) is 5.82 Å². The van der Waals surface area contributed by atoms with E-state index >= 15 is 0 Å². The molecule has 0 unspecified atom stereocenters. The summed E-state index contributed by atoms with van der Waals surface area (Å²) >= 11 is 0. The maximum absolute atomic E-state index is 14.1. The number of anilines is 1. The van der Waals surface area contributed by atoms with Crippen LogP contribution in [0.1, 0.15) is 10.4 Å². The summed E-state index contributed by atoms with van der Waals surface area (Å²) in [6.45, 7) is 0. The number of hydrogen-bond acceptors (Lipinski definition) is 4. The first-order valence-corrected chi connectivity index (χ1v) is 6.77. The number of carbonyl (C=O) groups excluding carboxylic acids is 1. The predicted molar refractivity (Wildman–Crippen MR) is 82.3 cm³/mol. The molecule has 3 aromatic rings. The Hall–Kier alpha value is -3.22. The van der Waals surface area contributed by atoms with Crippen LogP contribution in [0.15, 0.2) is 55.1 Å². The number of amides is 1. The van der Waals surface area contributed by atoms with Crippen LogP contribution in [0.3, 0.4) is 0 Å². The number of halogens is 1. The highest BCUT2D eigenvalue weighted by molar-refractivity contribution is 6.04. The topological polar surface area (TPSA) is 69.0 Å². The van der Waals surface area contributed by atoms with Crippen LogP contribution in [-0.4, -0.2) is 27.8 Å². The molecule has 0 aliphatic heterocycles. The van der Waals surface area contributed by atoms with Gasteiger partial charge in [-0.3, -0.25) is 4.79 Å². The molecule has 0 spiro atoms. The fraction of sp³-hybridized carbons (Fsp3) is 0.0625. The van der Waals surface area contributed by atoms with E-state index in [1.807, 2.05) is 0 Å². The van der Waals surface area contributed by atoms with Crippen molar-refractivity contribution in [3.05, 3.63) is 66.5 Å². The fourth-order valence-corrected chi connectivity index (χ4v) is 2.05. The van der Waals surface area contributed by atoms with Crippen LogP contribution in [0.5, 0.6) is 5.75 Å². The minimum absolute atomic E-state index is 0.255. The van der Waals surface area contributed by atoms with Gasteiger partial charge in [-0.1, -0.05) is 0 Å². The van der Waals surface area contributed by atoms with E-state index in [1.165, 1.54) is 29.5 Å².